The minimum absolute atomic E-state index is 0.0526. The number of rotatable bonds is 4. The molecular weight excluding hydrogens is 304 g/mol. The van der Waals surface area contributed by atoms with Crippen LogP contribution in [0, 0.1) is 5.92 Å². The number of hydrogen-bond acceptors (Lipinski definition) is 5. The summed E-state index contributed by atoms with van der Waals surface area (Å²) in [5, 5.41) is 2.72. The highest BCUT2D eigenvalue weighted by Crippen LogP contribution is 2.18. The number of fused-ring (bicyclic) bond motifs is 1. The van der Waals surface area contributed by atoms with Crippen LogP contribution in [0.2, 0.25) is 0 Å². The molecule has 2 aliphatic heterocycles. The van der Waals surface area contributed by atoms with Crippen LogP contribution in [0.5, 0.6) is 0 Å². The van der Waals surface area contributed by atoms with Gasteiger partial charge in [0.15, 0.2) is 0 Å². The molecule has 1 atom stereocenters. The van der Waals surface area contributed by atoms with Crippen LogP contribution in [-0.2, 0) is 16.1 Å². The van der Waals surface area contributed by atoms with Crippen molar-refractivity contribution in [3.05, 3.63) is 36.3 Å². The monoisotopic (exact) mass is 316 g/mol. The van der Waals surface area contributed by atoms with E-state index in [4.69, 9.17) is 16.6 Å². The number of aliphatic imine (C=N–C) groups is 2. The summed E-state index contributed by atoms with van der Waals surface area (Å²) in [6.07, 6.45) is 6.43. The first-order chi connectivity index (χ1) is 10.6. The molecule has 112 valence electrons. The lowest BCUT2D eigenvalue weighted by Crippen LogP contribution is -2.49. The van der Waals surface area contributed by atoms with E-state index in [0.717, 1.165) is 0 Å². The van der Waals surface area contributed by atoms with Gasteiger partial charge in [-0.1, -0.05) is 6.08 Å². The molecule has 1 aromatic rings. The lowest BCUT2D eigenvalue weighted by molar-refractivity contribution is -0.133. The summed E-state index contributed by atoms with van der Waals surface area (Å²) in [5.74, 6) is -0.213. The third-order valence-corrected chi connectivity index (χ3v) is 3.50. The van der Waals surface area contributed by atoms with E-state index < -0.39 is 5.92 Å². The molecule has 1 N–H and O–H groups in total. The summed E-state index contributed by atoms with van der Waals surface area (Å²) in [5.41, 5.74) is 0. The molecule has 8 heteroatoms. The minimum Gasteiger partial charge on any atom is -0.467 e. The molecular formula is C14H12N4O3S. The fourth-order valence-corrected chi connectivity index (χ4v) is 2.35. The zero-order valence-electron chi connectivity index (χ0n) is 11.4. The Bertz CT molecular complexity index is 706. The zero-order chi connectivity index (χ0) is 15.5. The number of thiocarbonyl (C=S) groups is 1. The van der Waals surface area contributed by atoms with E-state index in [9.17, 15) is 9.59 Å². The van der Waals surface area contributed by atoms with Gasteiger partial charge in [0.1, 0.15) is 24.1 Å². The van der Waals surface area contributed by atoms with Gasteiger partial charge in [0.05, 0.1) is 12.8 Å². The van der Waals surface area contributed by atoms with E-state index in [-0.39, 0.29) is 30.0 Å². The van der Waals surface area contributed by atoms with Gasteiger partial charge in [-0.05, 0) is 30.4 Å². The highest BCUT2D eigenvalue weighted by atomic mass is 32.1. The molecule has 0 bridgehead atoms. The van der Waals surface area contributed by atoms with Crippen LogP contribution in [0.1, 0.15) is 5.76 Å². The Labute approximate surface area is 131 Å². The predicted molar refractivity (Wildman–Crippen MR) is 83.4 cm³/mol. The summed E-state index contributed by atoms with van der Waals surface area (Å²) in [6.45, 7) is 0.0754. The predicted octanol–water partition coefficient (Wildman–Crippen LogP) is 0.678. The third kappa shape index (κ3) is 2.86. The Kier molecular flexibility index (Phi) is 3.92. The number of allylic oxidation sites excluding steroid dienone is 1. The summed E-state index contributed by atoms with van der Waals surface area (Å²) >= 11 is 5.08. The molecule has 0 spiro atoms. The second-order valence-electron chi connectivity index (χ2n) is 4.67. The maximum Gasteiger partial charge on any atom is 0.243 e. The molecule has 2 aliphatic rings. The first-order valence-corrected chi connectivity index (χ1v) is 7.00. The molecule has 0 saturated heterocycles. The van der Waals surface area contributed by atoms with Gasteiger partial charge in [0.2, 0.25) is 16.9 Å². The standard InChI is InChI=1S/C14H12N4O3S/c19-11(16-7-9-3-2-6-21-9)8-18-13(20)10-4-1-5-15-12(10)17-14(18)22/h1-6,10H,7-8H2,(H,16,19). The minimum atomic E-state index is -0.574. The molecule has 3 rings (SSSR count). The Morgan fingerprint density at radius 2 is 2.36 bits per heavy atom. The molecule has 0 aromatic carbocycles. The molecule has 0 radical (unpaired) electrons. The van der Waals surface area contributed by atoms with Gasteiger partial charge >= 0.3 is 0 Å². The van der Waals surface area contributed by atoms with Gasteiger partial charge in [-0.3, -0.25) is 14.5 Å². The van der Waals surface area contributed by atoms with Crippen molar-refractivity contribution in [1.29, 1.82) is 0 Å². The molecule has 1 unspecified atom stereocenters. The number of dihydropyridines is 1. The van der Waals surface area contributed by atoms with Crippen molar-refractivity contribution in [2.24, 2.45) is 15.9 Å². The number of nitrogens with one attached hydrogen (secondary N) is 1. The maximum atomic E-state index is 12.4. The highest BCUT2D eigenvalue weighted by molar-refractivity contribution is 7.80. The maximum absolute atomic E-state index is 12.4. The van der Waals surface area contributed by atoms with Crippen LogP contribution < -0.4 is 5.32 Å². The van der Waals surface area contributed by atoms with Crippen molar-refractivity contribution < 1.29 is 14.0 Å². The van der Waals surface area contributed by atoms with Gasteiger partial charge in [-0.25, -0.2) is 9.98 Å². The second kappa shape index (κ2) is 6.02. The Morgan fingerprint density at radius 1 is 1.50 bits per heavy atom. The van der Waals surface area contributed by atoms with Crippen molar-refractivity contribution in [3.8, 4) is 0 Å². The number of amides is 2. The average Bonchev–Trinajstić information content (AvgIpc) is 3.03. The summed E-state index contributed by atoms with van der Waals surface area (Å²) in [7, 11) is 0. The van der Waals surface area contributed by atoms with E-state index in [1.807, 2.05) is 0 Å². The topological polar surface area (TPSA) is 87.3 Å². The van der Waals surface area contributed by atoms with Crippen LogP contribution in [0.4, 0.5) is 0 Å². The summed E-state index contributed by atoms with van der Waals surface area (Å²) < 4.78 is 5.12. The average molecular weight is 316 g/mol. The molecule has 0 fully saturated rings. The Morgan fingerprint density at radius 3 is 3.14 bits per heavy atom. The number of furan rings is 1. The van der Waals surface area contributed by atoms with Crippen LogP contribution in [0.25, 0.3) is 0 Å². The Balaban J connectivity index is 1.64. The molecule has 1 aromatic heterocycles. The van der Waals surface area contributed by atoms with Crippen molar-refractivity contribution in [2.45, 2.75) is 6.54 Å². The van der Waals surface area contributed by atoms with Crippen LogP contribution in [0.15, 0.2) is 44.9 Å². The first kappa shape index (κ1) is 14.3. The number of carbonyl (C=O) groups is 2. The van der Waals surface area contributed by atoms with E-state index >= 15 is 0 Å². The van der Waals surface area contributed by atoms with Crippen molar-refractivity contribution in [2.75, 3.05) is 6.54 Å². The fraction of sp³-hybridized carbons (Fsp3) is 0.214. The van der Waals surface area contributed by atoms with E-state index in [0.29, 0.717) is 11.6 Å². The molecule has 2 amide bonds. The van der Waals surface area contributed by atoms with Crippen LogP contribution in [-0.4, -0.2) is 40.4 Å². The number of carbonyl (C=O) groups excluding carboxylic acids is 2. The van der Waals surface area contributed by atoms with Gasteiger partial charge < -0.3 is 9.73 Å². The second-order valence-corrected chi connectivity index (χ2v) is 5.04. The lowest BCUT2D eigenvalue weighted by atomic mass is 10.0. The first-order valence-electron chi connectivity index (χ1n) is 6.59. The molecule has 0 aliphatic carbocycles. The smallest absolute Gasteiger partial charge is 0.243 e. The fourth-order valence-electron chi connectivity index (χ4n) is 2.10. The van der Waals surface area contributed by atoms with Gasteiger partial charge in [-0.15, -0.1) is 0 Å². The molecule has 3 heterocycles. The van der Waals surface area contributed by atoms with E-state index in [1.165, 1.54) is 11.2 Å². The largest absolute Gasteiger partial charge is 0.467 e. The number of hydrogen-bond donors (Lipinski definition) is 1. The zero-order valence-corrected chi connectivity index (χ0v) is 12.2. The Hall–Kier alpha value is -2.61. The molecule has 7 nitrogen and oxygen atoms in total. The van der Waals surface area contributed by atoms with Gasteiger partial charge in [0, 0.05) is 6.21 Å². The lowest BCUT2D eigenvalue weighted by Gasteiger charge is -2.28. The normalized spacial score (nSPS) is 19.9. The van der Waals surface area contributed by atoms with Crippen LogP contribution >= 0.6 is 12.2 Å². The van der Waals surface area contributed by atoms with Crippen molar-refractivity contribution in [1.82, 2.24) is 10.2 Å². The van der Waals surface area contributed by atoms with Gasteiger partial charge in [0.25, 0.3) is 0 Å². The number of amidine groups is 1. The number of nitrogens with zero attached hydrogens (tertiary/aromatic N) is 3. The van der Waals surface area contributed by atoms with Crippen molar-refractivity contribution >= 4 is 41.2 Å². The third-order valence-electron chi connectivity index (χ3n) is 3.19. The van der Waals surface area contributed by atoms with E-state index in [2.05, 4.69) is 15.3 Å². The highest BCUT2D eigenvalue weighted by Gasteiger charge is 2.35. The van der Waals surface area contributed by atoms with E-state index in [1.54, 1.807) is 30.5 Å². The molecule has 0 saturated carbocycles. The van der Waals surface area contributed by atoms with Crippen LogP contribution in [0.3, 0.4) is 0 Å². The summed E-state index contributed by atoms with van der Waals surface area (Å²) in [6, 6.07) is 3.48. The van der Waals surface area contributed by atoms with Crippen molar-refractivity contribution in [3.63, 3.8) is 0 Å². The molecule has 22 heavy (non-hydrogen) atoms. The quantitative estimate of drug-likeness (QED) is 0.828. The van der Waals surface area contributed by atoms with Gasteiger partial charge in [-0.2, -0.15) is 0 Å². The SMILES string of the molecule is O=C(CN1C(=O)C2C=CC=NC2=NC1=S)NCc1ccco1. The summed E-state index contributed by atoms with van der Waals surface area (Å²) in [4.78, 5) is 33.6.